The van der Waals surface area contributed by atoms with E-state index in [4.69, 9.17) is 4.98 Å². The summed E-state index contributed by atoms with van der Waals surface area (Å²) in [7, 11) is 0. The molecule has 4 heterocycles. The number of rotatable bonds is 4. The fourth-order valence-electron chi connectivity index (χ4n) is 3.16. The van der Waals surface area contributed by atoms with Crippen LogP contribution in [0.3, 0.4) is 0 Å². The fraction of sp³-hybridized carbons (Fsp3) is 0.158. The third-order valence-corrected chi connectivity index (χ3v) is 4.57. The van der Waals surface area contributed by atoms with Crippen molar-refractivity contribution < 1.29 is 0 Å². The maximum Gasteiger partial charge on any atom is 0.176 e. The first kappa shape index (κ1) is 15.6. The number of benzene rings is 1. The summed E-state index contributed by atoms with van der Waals surface area (Å²) in [5.41, 5.74) is 5.14. The molecule has 0 atom stereocenters. The molecule has 4 aromatic rings. The third-order valence-electron chi connectivity index (χ3n) is 4.57. The van der Waals surface area contributed by atoms with Gasteiger partial charge in [-0.05, 0) is 35.7 Å². The molecule has 27 heavy (non-hydrogen) atoms. The highest BCUT2D eigenvalue weighted by Crippen LogP contribution is 2.24. The molecule has 5 rings (SSSR count). The van der Waals surface area contributed by atoms with Crippen LogP contribution in [0.5, 0.6) is 0 Å². The average molecular weight is 356 g/mol. The standard InChI is InChI=1S/C19H16N8/c1-11-18(26-27-25-11)24-19-15-4-5-20-10-16(15)22-17(23-19)7-12-2-3-13-8-21-9-14(13)6-12/h2-6,9-10H,7-8H2,1H3,(H2,22,23,24,25,26,27). The number of aromatic amines is 1. The Kier molecular flexibility index (Phi) is 3.60. The number of fused-ring (bicyclic) bond motifs is 2. The molecule has 1 aliphatic heterocycles. The number of nitrogens with zero attached hydrogens (tertiary/aromatic N) is 6. The molecule has 132 valence electrons. The Balaban J connectivity index is 1.54. The van der Waals surface area contributed by atoms with Crippen LogP contribution in [0.1, 0.15) is 28.2 Å². The Hall–Kier alpha value is -3.68. The van der Waals surface area contributed by atoms with E-state index < -0.39 is 0 Å². The number of anilines is 2. The zero-order valence-electron chi connectivity index (χ0n) is 14.6. The van der Waals surface area contributed by atoms with Crippen molar-refractivity contribution in [2.24, 2.45) is 4.99 Å². The van der Waals surface area contributed by atoms with Crippen molar-refractivity contribution in [1.29, 1.82) is 0 Å². The van der Waals surface area contributed by atoms with Gasteiger partial charge in [-0.25, -0.2) is 9.97 Å². The van der Waals surface area contributed by atoms with Crippen LogP contribution in [0.2, 0.25) is 0 Å². The molecule has 1 aliphatic rings. The maximum absolute atomic E-state index is 4.74. The minimum atomic E-state index is 0.623. The van der Waals surface area contributed by atoms with Gasteiger partial charge in [0, 0.05) is 24.2 Å². The molecule has 0 saturated carbocycles. The SMILES string of the molecule is Cc1n[nH]nc1Nc1nc(Cc2ccc3c(c2)C=NC3)nc2cnccc12. The number of nitrogens with one attached hydrogen (secondary N) is 2. The molecule has 8 nitrogen and oxygen atoms in total. The number of aromatic nitrogens is 6. The van der Waals surface area contributed by atoms with E-state index in [9.17, 15) is 0 Å². The summed E-state index contributed by atoms with van der Waals surface area (Å²) in [6.07, 6.45) is 6.02. The van der Waals surface area contributed by atoms with Crippen LogP contribution in [0.15, 0.2) is 41.7 Å². The van der Waals surface area contributed by atoms with Gasteiger partial charge in [0.05, 0.1) is 18.3 Å². The maximum atomic E-state index is 4.74. The van der Waals surface area contributed by atoms with Gasteiger partial charge >= 0.3 is 0 Å². The van der Waals surface area contributed by atoms with Gasteiger partial charge in [0.15, 0.2) is 5.82 Å². The van der Waals surface area contributed by atoms with Crippen molar-refractivity contribution in [3.63, 3.8) is 0 Å². The van der Waals surface area contributed by atoms with Gasteiger partial charge in [0.2, 0.25) is 0 Å². The number of H-pyrrole nitrogens is 1. The molecule has 0 bridgehead atoms. The van der Waals surface area contributed by atoms with Crippen LogP contribution in [0.25, 0.3) is 10.9 Å². The molecule has 0 radical (unpaired) electrons. The first-order valence-corrected chi connectivity index (χ1v) is 8.63. The molecule has 0 aliphatic carbocycles. The van der Waals surface area contributed by atoms with Gasteiger partial charge in [-0.2, -0.15) is 10.3 Å². The smallest absolute Gasteiger partial charge is 0.176 e. The molecule has 0 amide bonds. The Morgan fingerprint density at radius 3 is 2.96 bits per heavy atom. The molecule has 0 fully saturated rings. The molecule has 2 N–H and O–H groups in total. The molecule has 0 spiro atoms. The quantitative estimate of drug-likeness (QED) is 0.582. The fourth-order valence-corrected chi connectivity index (χ4v) is 3.16. The van der Waals surface area contributed by atoms with E-state index in [-0.39, 0.29) is 0 Å². The van der Waals surface area contributed by atoms with Gasteiger partial charge < -0.3 is 5.32 Å². The summed E-state index contributed by atoms with van der Waals surface area (Å²) < 4.78 is 0. The predicted molar refractivity (Wildman–Crippen MR) is 102 cm³/mol. The second-order valence-electron chi connectivity index (χ2n) is 6.44. The summed E-state index contributed by atoms with van der Waals surface area (Å²) in [5.74, 6) is 2.05. The molecular weight excluding hydrogens is 340 g/mol. The lowest BCUT2D eigenvalue weighted by molar-refractivity contribution is 0.929. The van der Waals surface area contributed by atoms with Crippen LogP contribution in [-0.2, 0) is 13.0 Å². The number of pyridine rings is 1. The van der Waals surface area contributed by atoms with E-state index in [1.165, 1.54) is 11.1 Å². The van der Waals surface area contributed by atoms with Crippen molar-refractivity contribution in [2.75, 3.05) is 5.32 Å². The first-order chi connectivity index (χ1) is 13.3. The number of hydrogen-bond acceptors (Lipinski definition) is 7. The monoisotopic (exact) mass is 356 g/mol. The largest absolute Gasteiger partial charge is 0.321 e. The van der Waals surface area contributed by atoms with Crippen LogP contribution in [0.4, 0.5) is 11.6 Å². The van der Waals surface area contributed by atoms with E-state index in [0.29, 0.717) is 23.9 Å². The normalized spacial score (nSPS) is 12.5. The van der Waals surface area contributed by atoms with E-state index in [2.05, 4.69) is 53.9 Å². The van der Waals surface area contributed by atoms with E-state index in [0.717, 1.165) is 28.7 Å². The highest BCUT2D eigenvalue weighted by molar-refractivity contribution is 5.90. The molecule has 1 aromatic carbocycles. The molecular formula is C19H16N8. The average Bonchev–Trinajstić information content (AvgIpc) is 3.30. The highest BCUT2D eigenvalue weighted by atomic mass is 15.4. The van der Waals surface area contributed by atoms with Crippen LogP contribution in [-0.4, -0.2) is 36.6 Å². The Labute approximate surface area is 154 Å². The Bertz CT molecular complexity index is 1180. The lowest BCUT2D eigenvalue weighted by atomic mass is 10.0. The molecule has 0 saturated heterocycles. The molecule has 3 aromatic heterocycles. The lowest BCUT2D eigenvalue weighted by Gasteiger charge is -2.10. The number of aryl methyl sites for hydroxylation is 1. The number of aliphatic imine (C=N–C) groups is 1. The van der Waals surface area contributed by atoms with E-state index in [1.54, 1.807) is 12.4 Å². The minimum Gasteiger partial charge on any atom is -0.321 e. The predicted octanol–water partition coefficient (Wildman–Crippen LogP) is 2.72. The summed E-state index contributed by atoms with van der Waals surface area (Å²) in [6.45, 7) is 2.64. The second-order valence-corrected chi connectivity index (χ2v) is 6.44. The van der Waals surface area contributed by atoms with Crippen molar-refractivity contribution in [3.8, 4) is 0 Å². The minimum absolute atomic E-state index is 0.623. The van der Waals surface area contributed by atoms with E-state index >= 15 is 0 Å². The van der Waals surface area contributed by atoms with Gasteiger partial charge in [0.25, 0.3) is 0 Å². The zero-order chi connectivity index (χ0) is 18.2. The first-order valence-electron chi connectivity index (χ1n) is 8.63. The second kappa shape index (κ2) is 6.24. The van der Waals surface area contributed by atoms with E-state index in [1.807, 2.05) is 19.2 Å². The van der Waals surface area contributed by atoms with Crippen LogP contribution in [0, 0.1) is 6.92 Å². The van der Waals surface area contributed by atoms with Crippen molar-refractivity contribution in [2.45, 2.75) is 19.9 Å². The lowest BCUT2D eigenvalue weighted by Crippen LogP contribution is -2.04. The summed E-state index contributed by atoms with van der Waals surface area (Å²) >= 11 is 0. The van der Waals surface area contributed by atoms with Crippen LogP contribution >= 0.6 is 0 Å². The van der Waals surface area contributed by atoms with Crippen molar-refractivity contribution >= 4 is 28.8 Å². The summed E-state index contributed by atoms with van der Waals surface area (Å²) in [5, 5.41) is 14.9. The van der Waals surface area contributed by atoms with Gasteiger partial charge in [-0.15, -0.1) is 5.10 Å². The molecule has 0 unspecified atom stereocenters. The van der Waals surface area contributed by atoms with Gasteiger partial charge in [-0.3, -0.25) is 9.98 Å². The number of hydrogen-bond donors (Lipinski definition) is 2. The third kappa shape index (κ3) is 2.91. The molecule has 8 heteroatoms. The highest BCUT2D eigenvalue weighted by Gasteiger charge is 2.13. The Morgan fingerprint density at radius 1 is 1.11 bits per heavy atom. The zero-order valence-corrected chi connectivity index (χ0v) is 14.6. The summed E-state index contributed by atoms with van der Waals surface area (Å²) in [4.78, 5) is 17.9. The van der Waals surface area contributed by atoms with Crippen LogP contribution < -0.4 is 5.32 Å². The van der Waals surface area contributed by atoms with Gasteiger partial charge in [0.1, 0.15) is 17.3 Å². The topological polar surface area (TPSA) is 105 Å². The summed E-state index contributed by atoms with van der Waals surface area (Å²) in [6, 6.07) is 8.28. The van der Waals surface area contributed by atoms with Crippen molar-refractivity contribution in [3.05, 3.63) is 64.9 Å². The Morgan fingerprint density at radius 2 is 2.07 bits per heavy atom. The van der Waals surface area contributed by atoms with Crippen molar-refractivity contribution in [1.82, 2.24) is 30.4 Å². The van der Waals surface area contributed by atoms with Gasteiger partial charge in [-0.1, -0.05) is 12.1 Å².